The van der Waals surface area contributed by atoms with Crippen LogP contribution in [0.1, 0.15) is 19.8 Å². The molecule has 0 unspecified atom stereocenters. The normalized spacial score (nSPS) is 11.2. The fourth-order valence-corrected chi connectivity index (χ4v) is 0.646. The standard InChI is InChI=1S/C7H13ClN2O2/c1-4-5-6(8)9-12-7(11)10(2)3/h4-5H2,1-3H3/b9-6-. The molecule has 0 radical (unpaired) electrons. The first-order chi connectivity index (χ1) is 5.57. The van der Waals surface area contributed by atoms with E-state index >= 15 is 0 Å². The number of halogens is 1. The van der Waals surface area contributed by atoms with Gasteiger partial charge in [-0.05, 0) is 6.42 Å². The van der Waals surface area contributed by atoms with E-state index in [2.05, 4.69) is 9.99 Å². The predicted molar refractivity (Wildman–Crippen MR) is 48.4 cm³/mol. The number of carbonyl (C=O) groups is 1. The molecule has 0 aliphatic heterocycles. The van der Waals surface area contributed by atoms with Crippen LogP contribution in [0.3, 0.4) is 0 Å². The van der Waals surface area contributed by atoms with E-state index in [1.807, 2.05) is 6.92 Å². The zero-order chi connectivity index (χ0) is 9.56. The second kappa shape index (κ2) is 5.83. The number of carbonyl (C=O) groups excluding carboxylic acids is 1. The monoisotopic (exact) mass is 192 g/mol. The Hall–Kier alpha value is -0.770. The molecule has 0 aromatic heterocycles. The molecule has 12 heavy (non-hydrogen) atoms. The van der Waals surface area contributed by atoms with Gasteiger partial charge in [-0.3, -0.25) is 4.84 Å². The van der Waals surface area contributed by atoms with Crippen molar-refractivity contribution in [3.63, 3.8) is 0 Å². The molecule has 0 fully saturated rings. The first-order valence-corrected chi connectivity index (χ1v) is 4.06. The fraction of sp³-hybridized carbons (Fsp3) is 0.714. The van der Waals surface area contributed by atoms with Gasteiger partial charge in [-0.2, -0.15) is 0 Å². The van der Waals surface area contributed by atoms with Gasteiger partial charge in [-0.25, -0.2) is 4.79 Å². The molecule has 0 aromatic rings. The van der Waals surface area contributed by atoms with Crippen LogP contribution < -0.4 is 0 Å². The second-order valence-corrected chi connectivity index (χ2v) is 2.91. The van der Waals surface area contributed by atoms with Gasteiger partial charge in [-0.15, -0.1) is 0 Å². The minimum Gasteiger partial charge on any atom is -0.312 e. The minimum absolute atomic E-state index is 0.313. The van der Waals surface area contributed by atoms with Crippen molar-refractivity contribution in [3.05, 3.63) is 0 Å². The van der Waals surface area contributed by atoms with Gasteiger partial charge >= 0.3 is 6.09 Å². The van der Waals surface area contributed by atoms with E-state index in [0.717, 1.165) is 6.42 Å². The van der Waals surface area contributed by atoms with Crippen LogP contribution in [0.15, 0.2) is 5.16 Å². The number of rotatable bonds is 3. The quantitative estimate of drug-likeness (QED) is 0.390. The van der Waals surface area contributed by atoms with Crippen LogP contribution in [-0.4, -0.2) is 30.3 Å². The third kappa shape index (κ3) is 4.96. The molecular weight excluding hydrogens is 180 g/mol. The number of amides is 1. The molecule has 5 heteroatoms. The smallest absolute Gasteiger partial charge is 0.312 e. The van der Waals surface area contributed by atoms with Gasteiger partial charge in [0.05, 0.1) is 0 Å². The molecule has 0 atom stereocenters. The van der Waals surface area contributed by atoms with Crippen molar-refractivity contribution in [2.24, 2.45) is 5.16 Å². The van der Waals surface area contributed by atoms with Crippen LogP contribution in [0.25, 0.3) is 0 Å². The molecule has 70 valence electrons. The third-order valence-electron chi connectivity index (χ3n) is 1.04. The summed E-state index contributed by atoms with van der Waals surface area (Å²) < 4.78 is 0. The van der Waals surface area contributed by atoms with E-state index in [1.54, 1.807) is 14.1 Å². The Morgan fingerprint density at radius 2 is 2.17 bits per heavy atom. The zero-order valence-electron chi connectivity index (χ0n) is 7.50. The molecule has 0 aliphatic carbocycles. The van der Waals surface area contributed by atoms with Gasteiger partial charge in [0, 0.05) is 20.5 Å². The van der Waals surface area contributed by atoms with Crippen molar-refractivity contribution in [1.29, 1.82) is 0 Å². The average Bonchev–Trinajstić information content (AvgIpc) is 2.00. The van der Waals surface area contributed by atoms with Crippen LogP contribution >= 0.6 is 11.6 Å². The van der Waals surface area contributed by atoms with Crippen LogP contribution in [0.4, 0.5) is 4.79 Å². The molecule has 0 aliphatic rings. The molecule has 0 bridgehead atoms. The molecule has 0 rings (SSSR count). The Bertz CT molecular complexity index is 180. The zero-order valence-corrected chi connectivity index (χ0v) is 8.26. The maximum absolute atomic E-state index is 10.8. The summed E-state index contributed by atoms with van der Waals surface area (Å²) in [6.07, 6.45) is 0.980. The Labute approximate surface area is 77.1 Å². The number of hydrogen-bond acceptors (Lipinski definition) is 3. The molecule has 0 spiro atoms. The van der Waals surface area contributed by atoms with E-state index < -0.39 is 6.09 Å². The van der Waals surface area contributed by atoms with Crippen LogP contribution in [0.5, 0.6) is 0 Å². The summed E-state index contributed by atoms with van der Waals surface area (Å²) in [6, 6.07) is 0. The molecule has 0 heterocycles. The molecule has 0 N–H and O–H groups in total. The van der Waals surface area contributed by atoms with Crippen LogP contribution in [0.2, 0.25) is 0 Å². The highest BCUT2D eigenvalue weighted by Crippen LogP contribution is 1.98. The largest absolute Gasteiger partial charge is 0.435 e. The molecule has 0 saturated heterocycles. The van der Waals surface area contributed by atoms with E-state index in [9.17, 15) is 4.79 Å². The van der Waals surface area contributed by atoms with Gasteiger partial charge in [0.2, 0.25) is 0 Å². The molecule has 1 amide bonds. The van der Waals surface area contributed by atoms with Crippen molar-refractivity contribution in [3.8, 4) is 0 Å². The first-order valence-electron chi connectivity index (χ1n) is 3.68. The molecule has 0 saturated carbocycles. The SMILES string of the molecule is CCC/C(Cl)=N/OC(=O)N(C)C. The number of nitrogens with zero attached hydrogens (tertiary/aromatic N) is 2. The summed E-state index contributed by atoms with van der Waals surface area (Å²) >= 11 is 5.58. The van der Waals surface area contributed by atoms with Gasteiger partial charge in [-0.1, -0.05) is 23.7 Å². The maximum atomic E-state index is 10.8. The van der Waals surface area contributed by atoms with Gasteiger partial charge < -0.3 is 4.90 Å². The lowest BCUT2D eigenvalue weighted by Gasteiger charge is -2.05. The van der Waals surface area contributed by atoms with E-state index in [-0.39, 0.29) is 0 Å². The first kappa shape index (κ1) is 11.2. The Morgan fingerprint density at radius 3 is 2.58 bits per heavy atom. The lowest BCUT2D eigenvalue weighted by molar-refractivity contribution is 0.122. The van der Waals surface area contributed by atoms with Crippen molar-refractivity contribution in [2.45, 2.75) is 19.8 Å². The topological polar surface area (TPSA) is 41.9 Å². The van der Waals surface area contributed by atoms with Gasteiger partial charge in [0.25, 0.3) is 0 Å². The Morgan fingerprint density at radius 1 is 1.58 bits per heavy atom. The fourth-order valence-electron chi connectivity index (χ4n) is 0.422. The van der Waals surface area contributed by atoms with Crippen molar-refractivity contribution in [2.75, 3.05) is 14.1 Å². The van der Waals surface area contributed by atoms with Gasteiger partial charge in [0.1, 0.15) is 5.17 Å². The highest BCUT2D eigenvalue weighted by atomic mass is 35.5. The summed E-state index contributed by atoms with van der Waals surface area (Å²) in [5.41, 5.74) is 0. The Balaban J connectivity index is 3.79. The van der Waals surface area contributed by atoms with E-state index in [1.165, 1.54) is 4.90 Å². The molecule has 4 nitrogen and oxygen atoms in total. The molecule has 0 aromatic carbocycles. The number of oxime groups is 1. The summed E-state index contributed by atoms with van der Waals surface area (Å²) in [5.74, 6) is 0. The van der Waals surface area contributed by atoms with E-state index in [0.29, 0.717) is 11.6 Å². The molecular formula is C7H13ClN2O2. The van der Waals surface area contributed by atoms with Crippen molar-refractivity contribution < 1.29 is 9.63 Å². The maximum Gasteiger partial charge on any atom is 0.435 e. The van der Waals surface area contributed by atoms with Crippen LogP contribution in [-0.2, 0) is 4.84 Å². The minimum atomic E-state index is -0.524. The second-order valence-electron chi connectivity index (χ2n) is 2.47. The Kier molecular flexibility index (Phi) is 5.45. The van der Waals surface area contributed by atoms with Crippen molar-refractivity contribution in [1.82, 2.24) is 4.90 Å². The summed E-state index contributed by atoms with van der Waals surface area (Å²) in [6.45, 7) is 1.96. The van der Waals surface area contributed by atoms with Crippen LogP contribution in [0, 0.1) is 0 Å². The number of hydrogen-bond donors (Lipinski definition) is 0. The van der Waals surface area contributed by atoms with E-state index in [4.69, 9.17) is 11.6 Å². The average molecular weight is 193 g/mol. The van der Waals surface area contributed by atoms with Crippen molar-refractivity contribution >= 4 is 22.9 Å². The lowest BCUT2D eigenvalue weighted by atomic mass is 10.4. The van der Waals surface area contributed by atoms with Gasteiger partial charge in [0.15, 0.2) is 0 Å². The summed E-state index contributed by atoms with van der Waals surface area (Å²) in [5, 5.41) is 3.74. The lowest BCUT2D eigenvalue weighted by Crippen LogP contribution is -2.21. The highest BCUT2D eigenvalue weighted by molar-refractivity contribution is 6.65. The third-order valence-corrected chi connectivity index (χ3v) is 1.30. The summed E-state index contributed by atoms with van der Waals surface area (Å²) in [4.78, 5) is 16.5. The predicted octanol–water partition coefficient (Wildman–Crippen LogP) is 2.04. The summed E-state index contributed by atoms with van der Waals surface area (Å²) in [7, 11) is 3.15. The highest BCUT2D eigenvalue weighted by Gasteiger charge is 2.03.